The van der Waals surface area contributed by atoms with E-state index in [9.17, 15) is 10.0 Å². The number of ether oxygens (including phenoxy) is 6. The van der Waals surface area contributed by atoms with Crippen LogP contribution in [0.25, 0.3) is 0 Å². The Hall–Kier alpha value is -3.96. The molecule has 1 aromatic carbocycles. The summed E-state index contributed by atoms with van der Waals surface area (Å²) in [7, 11) is 7.67. The third-order valence-electron chi connectivity index (χ3n) is 6.97. The van der Waals surface area contributed by atoms with Gasteiger partial charge in [0, 0.05) is 19.4 Å². The van der Waals surface area contributed by atoms with E-state index in [0.29, 0.717) is 45.9 Å². The first-order chi connectivity index (χ1) is 19.4. The highest BCUT2D eigenvalue weighted by molar-refractivity contribution is 5.72. The van der Waals surface area contributed by atoms with Crippen molar-refractivity contribution >= 4 is 6.03 Å². The summed E-state index contributed by atoms with van der Waals surface area (Å²) in [6, 6.07) is 8.77. The first-order valence-corrected chi connectivity index (χ1v) is 13.1. The summed E-state index contributed by atoms with van der Waals surface area (Å²) >= 11 is 0. The topological polar surface area (TPSA) is 121 Å². The van der Waals surface area contributed by atoms with Crippen molar-refractivity contribution in [1.82, 2.24) is 15.4 Å². The lowest BCUT2D eigenvalue weighted by atomic mass is 9.91. The smallest absolute Gasteiger partial charge is 0.341 e. The second kappa shape index (κ2) is 13.4. The van der Waals surface area contributed by atoms with Crippen molar-refractivity contribution in [3.05, 3.63) is 71.0 Å². The van der Waals surface area contributed by atoms with Crippen LogP contribution in [-0.2, 0) is 27.4 Å². The van der Waals surface area contributed by atoms with E-state index in [-0.39, 0.29) is 31.3 Å². The molecule has 0 spiro atoms. The summed E-state index contributed by atoms with van der Waals surface area (Å²) in [6.45, 7) is 0.421. The number of amides is 2. The highest BCUT2D eigenvalue weighted by atomic mass is 16.5. The van der Waals surface area contributed by atoms with Gasteiger partial charge in [-0.15, -0.1) is 0 Å². The minimum Gasteiger partial charge on any atom is -0.493 e. The first kappa shape index (κ1) is 29.0. The van der Waals surface area contributed by atoms with Gasteiger partial charge in [0.15, 0.2) is 17.3 Å². The Bertz CT molecular complexity index is 1220. The van der Waals surface area contributed by atoms with Crippen LogP contribution >= 0.6 is 0 Å². The van der Waals surface area contributed by atoms with E-state index in [1.807, 2.05) is 30.3 Å². The van der Waals surface area contributed by atoms with Gasteiger partial charge in [0.2, 0.25) is 5.75 Å². The number of hydroxylamine groups is 2. The highest BCUT2D eigenvalue weighted by Gasteiger charge is 2.35. The molecule has 216 valence electrons. The monoisotopic (exact) mass is 555 g/mol. The predicted molar refractivity (Wildman–Crippen MR) is 145 cm³/mol. The molecule has 2 N–H and O–H groups in total. The maximum atomic E-state index is 11.6. The molecule has 1 fully saturated rings. The van der Waals surface area contributed by atoms with E-state index in [4.69, 9.17) is 28.4 Å². The lowest BCUT2D eigenvalue weighted by molar-refractivity contribution is -0.0184. The molecule has 1 saturated heterocycles. The number of nitrogens with one attached hydrogen (secondary N) is 1. The molecule has 1 aromatic heterocycles. The molecule has 1 aliphatic heterocycles. The Balaban J connectivity index is 1.39. The first-order valence-electron chi connectivity index (χ1n) is 13.1. The minimum atomic E-state index is -0.611. The lowest BCUT2D eigenvalue weighted by Crippen LogP contribution is -2.34. The SMILES string of the molecule is COC1=C(OCc2cccc(CNC(=O)N(C)O)n2)CC(C2CCC(c3cc(OC)c(OC)c(OC)c3)O2)C=C1. The van der Waals surface area contributed by atoms with Crippen LogP contribution in [-0.4, -0.2) is 62.9 Å². The molecule has 0 saturated carbocycles. The fourth-order valence-electron chi connectivity index (χ4n) is 4.91. The van der Waals surface area contributed by atoms with Gasteiger partial charge in [0.05, 0.1) is 58.6 Å². The third-order valence-corrected chi connectivity index (χ3v) is 6.97. The number of nitrogens with zero attached hydrogens (tertiary/aromatic N) is 2. The van der Waals surface area contributed by atoms with Crippen molar-refractivity contribution in [3.63, 3.8) is 0 Å². The molecule has 4 rings (SSSR count). The molecule has 3 unspecified atom stereocenters. The van der Waals surface area contributed by atoms with Crippen LogP contribution in [0.2, 0.25) is 0 Å². The van der Waals surface area contributed by atoms with Gasteiger partial charge in [-0.05, 0) is 48.7 Å². The number of hydrogen-bond acceptors (Lipinski definition) is 9. The van der Waals surface area contributed by atoms with Crippen LogP contribution in [0.3, 0.4) is 0 Å². The molecule has 11 nitrogen and oxygen atoms in total. The molecule has 2 heterocycles. The summed E-state index contributed by atoms with van der Waals surface area (Å²) in [5, 5.41) is 12.3. The highest BCUT2D eigenvalue weighted by Crippen LogP contribution is 2.45. The number of pyridine rings is 1. The van der Waals surface area contributed by atoms with E-state index >= 15 is 0 Å². The molecule has 1 aliphatic carbocycles. The molecular weight excluding hydrogens is 518 g/mol. The van der Waals surface area contributed by atoms with E-state index in [0.717, 1.165) is 24.2 Å². The van der Waals surface area contributed by atoms with Gasteiger partial charge in [-0.3, -0.25) is 10.2 Å². The molecule has 0 radical (unpaired) electrons. The van der Waals surface area contributed by atoms with Crippen LogP contribution < -0.4 is 19.5 Å². The van der Waals surface area contributed by atoms with Gasteiger partial charge in [-0.1, -0.05) is 12.1 Å². The average Bonchev–Trinajstić information content (AvgIpc) is 3.48. The quantitative estimate of drug-likeness (QED) is 0.305. The Morgan fingerprint density at radius 1 is 1.07 bits per heavy atom. The standard InChI is InChI=1S/C29H37N3O8/c1-32(34)29(33)30-16-20-7-6-8-21(31-20)17-39-25-13-18(9-10-24(25)35-2)22-11-12-23(40-22)19-14-26(36-3)28(38-5)27(15-19)37-4/h6-10,14-15,18,22-23,34H,11-13,16-17H2,1-5H3,(H,30,33). The molecule has 40 heavy (non-hydrogen) atoms. The van der Waals surface area contributed by atoms with Crippen LogP contribution in [0.15, 0.2) is 54.0 Å². The number of rotatable bonds is 11. The Labute approximate surface area is 234 Å². The number of urea groups is 1. The number of carbonyl (C=O) groups excluding carboxylic acids is 1. The summed E-state index contributed by atoms with van der Waals surface area (Å²) in [5.41, 5.74) is 2.34. The van der Waals surface area contributed by atoms with E-state index in [1.54, 1.807) is 34.5 Å². The second-order valence-corrected chi connectivity index (χ2v) is 9.51. The molecule has 0 bridgehead atoms. The largest absolute Gasteiger partial charge is 0.493 e. The molecule has 3 atom stereocenters. The van der Waals surface area contributed by atoms with Crippen LogP contribution in [0.5, 0.6) is 17.2 Å². The van der Waals surface area contributed by atoms with Crippen molar-refractivity contribution < 1.29 is 38.4 Å². The van der Waals surface area contributed by atoms with Crippen LogP contribution in [0, 0.1) is 5.92 Å². The summed E-state index contributed by atoms with van der Waals surface area (Å²) in [6.07, 6.45) is 6.35. The summed E-state index contributed by atoms with van der Waals surface area (Å²) < 4.78 is 34.8. The van der Waals surface area contributed by atoms with Gasteiger partial charge in [0.25, 0.3) is 0 Å². The summed E-state index contributed by atoms with van der Waals surface area (Å²) in [5.74, 6) is 3.28. The zero-order valence-electron chi connectivity index (χ0n) is 23.5. The van der Waals surface area contributed by atoms with Gasteiger partial charge in [0.1, 0.15) is 12.4 Å². The van der Waals surface area contributed by atoms with Crippen molar-refractivity contribution in [2.45, 2.75) is 44.6 Å². The molecule has 2 aromatic rings. The van der Waals surface area contributed by atoms with Gasteiger partial charge >= 0.3 is 6.03 Å². The van der Waals surface area contributed by atoms with Crippen molar-refractivity contribution in [1.29, 1.82) is 0 Å². The van der Waals surface area contributed by atoms with Crippen LogP contribution in [0.4, 0.5) is 4.79 Å². The fraction of sp³-hybridized carbons (Fsp3) is 0.448. The number of carbonyl (C=O) groups is 1. The van der Waals surface area contributed by atoms with E-state index in [2.05, 4.69) is 16.4 Å². The second-order valence-electron chi connectivity index (χ2n) is 9.51. The van der Waals surface area contributed by atoms with E-state index < -0.39 is 6.03 Å². The molecule has 2 aliphatic rings. The maximum Gasteiger partial charge on any atom is 0.341 e. The van der Waals surface area contributed by atoms with Crippen molar-refractivity contribution in [2.24, 2.45) is 5.92 Å². The van der Waals surface area contributed by atoms with Gasteiger partial charge < -0.3 is 33.7 Å². The Kier molecular flexibility index (Phi) is 9.73. The lowest BCUT2D eigenvalue weighted by Gasteiger charge is -2.26. The normalized spacial score (nSPS) is 20.2. The Morgan fingerprint density at radius 2 is 1.80 bits per heavy atom. The van der Waals surface area contributed by atoms with Gasteiger partial charge in [-0.25, -0.2) is 9.86 Å². The number of methoxy groups -OCH3 is 4. The van der Waals surface area contributed by atoms with Crippen molar-refractivity contribution in [2.75, 3.05) is 35.5 Å². The number of benzene rings is 1. The number of aromatic nitrogens is 1. The fourth-order valence-corrected chi connectivity index (χ4v) is 4.91. The number of allylic oxidation sites excluding steroid dienone is 2. The molecular formula is C29H37N3O8. The average molecular weight is 556 g/mol. The third kappa shape index (κ3) is 6.78. The number of hydrogen-bond donors (Lipinski definition) is 2. The predicted octanol–water partition coefficient (Wildman–Crippen LogP) is 4.51. The molecule has 2 amide bonds. The zero-order valence-corrected chi connectivity index (χ0v) is 23.5. The van der Waals surface area contributed by atoms with Crippen LogP contribution in [0.1, 0.15) is 42.3 Å². The summed E-state index contributed by atoms with van der Waals surface area (Å²) in [4.78, 5) is 16.1. The van der Waals surface area contributed by atoms with Crippen molar-refractivity contribution in [3.8, 4) is 17.2 Å². The van der Waals surface area contributed by atoms with Gasteiger partial charge in [-0.2, -0.15) is 0 Å². The zero-order chi connectivity index (χ0) is 28.6. The maximum absolute atomic E-state index is 11.6. The minimum absolute atomic E-state index is 0.00654. The Morgan fingerprint density at radius 3 is 2.45 bits per heavy atom. The van der Waals surface area contributed by atoms with E-state index in [1.165, 1.54) is 7.05 Å². The molecule has 11 heteroatoms.